The molecule has 2 aliphatic rings. The number of hydrogen-bond acceptors (Lipinski definition) is 5. The van der Waals surface area contributed by atoms with Gasteiger partial charge in [-0.1, -0.05) is 24.4 Å². The molecule has 2 fully saturated rings. The molecule has 1 aliphatic carbocycles. The molecule has 0 radical (unpaired) electrons. The quantitative estimate of drug-likeness (QED) is 0.902. The van der Waals surface area contributed by atoms with Crippen molar-refractivity contribution in [3.8, 4) is 0 Å². The Labute approximate surface area is 114 Å². The Morgan fingerprint density at radius 3 is 2.84 bits per heavy atom. The van der Waals surface area contributed by atoms with Crippen LogP contribution < -0.4 is 5.32 Å². The number of ether oxygens (including phenoxy) is 1. The molecule has 0 aromatic carbocycles. The van der Waals surface area contributed by atoms with E-state index in [4.69, 9.17) is 9.26 Å². The average Bonchev–Trinajstić information content (AvgIpc) is 3.10. The van der Waals surface area contributed by atoms with Gasteiger partial charge in [-0.3, -0.25) is 0 Å². The van der Waals surface area contributed by atoms with Crippen molar-refractivity contribution in [3.63, 3.8) is 0 Å². The lowest BCUT2D eigenvalue weighted by Gasteiger charge is -2.36. The van der Waals surface area contributed by atoms with Crippen LogP contribution in [0.3, 0.4) is 0 Å². The van der Waals surface area contributed by atoms with Gasteiger partial charge in [-0.25, -0.2) is 0 Å². The van der Waals surface area contributed by atoms with Crippen molar-refractivity contribution in [2.24, 2.45) is 0 Å². The van der Waals surface area contributed by atoms with Gasteiger partial charge in [-0.15, -0.1) is 0 Å². The van der Waals surface area contributed by atoms with E-state index in [2.05, 4.69) is 15.5 Å². The molecule has 1 saturated heterocycles. The fourth-order valence-corrected chi connectivity index (χ4v) is 3.28. The van der Waals surface area contributed by atoms with Crippen LogP contribution >= 0.6 is 0 Å². The van der Waals surface area contributed by atoms with Gasteiger partial charge in [0.2, 0.25) is 5.89 Å². The van der Waals surface area contributed by atoms with Crippen molar-refractivity contribution in [2.75, 3.05) is 20.3 Å². The molecule has 1 saturated carbocycles. The third kappa shape index (κ3) is 2.82. The summed E-state index contributed by atoms with van der Waals surface area (Å²) in [7, 11) is 2.05. The summed E-state index contributed by atoms with van der Waals surface area (Å²) >= 11 is 0. The SMILES string of the molecule is CNC1(Cc2nc(C3CCOC3)no2)CCCCC1. The summed E-state index contributed by atoms with van der Waals surface area (Å²) in [6.45, 7) is 1.55. The van der Waals surface area contributed by atoms with Crippen molar-refractivity contribution in [1.29, 1.82) is 0 Å². The molecule has 1 aliphatic heterocycles. The Balaban J connectivity index is 1.68. The topological polar surface area (TPSA) is 60.2 Å². The summed E-state index contributed by atoms with van der Waals surface area (Å²) in [5, 5.41) is 7.63. The molecule has 0 spiro atoms. The maximum atomic E-state index is 5.45. The van der Waals surface area contributed by atoms with Crippen LogP contribution in [0.15, 0.2) is 4.52 Å². The second-order valence-corrected chi connectivity index (χ2v) is 5.87. The van der Waals surface area contributed by atoms with Gasteiger partial charge in [-0.05, 0) is 26.3 Å². The lowest BCUT2D eigenvalue weighted by Crippen LogP contribution is -2.46. The van der Waals surface area contributed by atoms with Gasteiger partial charge in [0.25, 0.3) is 0 Å². The standard InChI is InChI=1S/C14H23N3O2/c1-15-14(6-3-2-4-7-14)9-12-16-13(17-19-12)11-5-8-18-10-11/h11,15H,2-10H2,1H3. The van der Waals surface area contributed by atoms with Gasteiger partial charge >= 0.3 is 0 Å². The molecule has 0 amide bonds. The van der Waals surface area contributed by atoms with Crippen LogP contribution in [0.4, 0.5) is 0 Å². The average molecular weight is 265 g/mol. The summed E-state index contributed by atoms with van der Waals surface area (Å²) in [5.74, 6) is 1.93. The maximum absolute atomic E-state index is 5.45. The van der Waals surface area contributed by atoms with E-state index in [0.29, 0.717) is 5.92 Å². The molecule has 106 valence electrons. The van der Waals surface area contributed by atoms with Crippen molar-refractivity contribution >= 4 is 0 Å². The monoisotopic (exact) mass is 265 g/mol. The van der Waals surface area contributed by atoms with Gasteiger partial charge in [-0.2, -0.15) is 4.98 Å². The van der Waals surface area contributed by atoms with E-state index in [1.54, 1.807) is 0 Å². The summed E-state index contributed by atoms with van der Waals surface area (Å²) in [6, 6.07) is 0. The smallest absolute Gasteiger partial charge is 0.228 e. The highest BCUT2D eigenvalue weighted by Gasteiger charge is 2.33. The van der Waals surface area contributed by atoms with Gasteiger partial charge in [0, 0.05) is 24.5 Å². The number of rotatable bonds is 4. The molecule has 1 unspecified atom stereocenters. The molecule has 0 bridgehead atoms. The van der Waals surface area contributed by atoms with Gasteiger partial charge in [0.15, 0.2) is 5.82 Å². The molecule has 5 heteroatoms. The van der Waals surface area contributed by atoms with Crippen LogP contribution in [0.5, 0.6) is 0 Å². The predicted octanol–water partition coefficient (Wildman–Crippen LogP) is 2.04. The van der Waals surface area contributed by atoms with Crippen molar-refractivity contribution in [1.82, 2.24) is 15.5 Å². The van der Waals surface area contributed by atoms with Crippen LogP contribution in [0.25, 0.3) is 0 Å². The van der Waals surface area contributed by atoms with E-state index in [9.17, 15) is 0 Å². The van der Waals surface area contributed by atoms with Crippen LogP contribution in [0, 0.1) is 0 Å². The van der Waals surface area contributed by atoms with E-state index in [-0.39, 0.29) is 5.54 Å². The zero-order chi connectivity index (χ0) is 13.1. The highest BCUT2D eigenvalue weighted by Crippen LogP contribution is 2.31. The molecule has 5 nitrogen and oxygen atoms in total. The normalized spacial score (nSPS) is 26.7. The van der Waals surface area contributed by atoms with Crippen molar-refractivity contribution in [3.05, 3.63) is 11.7 Å². The second kappa shape index (κ2) is 5.59. The first-order chi connectivity index (χ1) is 9.31. The van der Waals surface area contributed by atoms with E-state index in [1.165, 1.54) is 32.1 Å². The van der Waals surface area contributed by atoms with Gasteiger partial charge in [0.05, 0.1) is 6.61 Å². The van der Waals surface area contributed by atoms with E-state index in [1.807, 2.05) is 7.05 Å². The number of aromatic nitrogens is 2. The van der Waals surface area contributed by atoms with Gasteiger partial charge in [0.1, 0.15) is 0 Å². The molecule has 1 atom stereocenters. The summed E-state index contributed by atoms with van der Waals surface area (Å²) in [5.41, 5.74) is 0.161. The fraction of sp³-hybridized carbons (Fsp3) is 0.857. The Morgan fingerprint density at radius 2 is 2.16 bits per heavy atom. The Kier molecular flexibility index (Phi) is 3.84. The Morgan fingerprint density at radius 1 is 1.32 bits per heavy atom. The van der Waals surface area contributed by atoms with Crippen LogP contribution in [0.1, 0.15) is 56.2 Å². The number of nitrogens with zero attached hydrogens (tertiary/aromatic N) is 2. The Bertz CT molecular complexity index is 407. The first kappa shape index (κ1) is 13.1. The van der Waals surface area contributed by atoms with E-state index in [0.717, 1.165) is 37.8 Å². The lowest BCUT2D eigenvalue weighted by atomic mass is 9.79. The first-order valence-electron chi connectivity index (χ1n) is 7.40. The van der Waals surface area contributed by atoms with Crippen molar-refractivity contribution in [2.45, 2.75) is 56.4 Å². The minimum absolute atomic E-state index is 0.161. The summed E-state index contributed by atoms with van der Waals surface area (Å²) in [4.78, 5) is 4.58. The third-order valence-corrected chi connectivity index (χ3v) is 4.61. The molecule has 19 heavy (non-hydrogen) atoms. The van der Waals surface area contributed by atoms with Crippen LogP contribution in [0.2, 0.25) is 0 Å². The lowest BCUT2D eigenvalue weighted by molar-refractivity contribution is 0.192. The zero-order valence-corrected chi connectivity index (χ0v) is 11.7. The maximum Gasteiger partial charge on any atom is 0.228 e. The van der Waals surface area contributed by atoms with Gasteiger partial charge < -0.3 is 14.6 Å². The highest BCUT2D eigenvalue weighted by atomic mass is 16.5. The highest BCUT2D eigenvalue weighted by molar-refractivity contribution is 5.02. The zero-order valence-electron chi connectivity index (χ0n) is 11.7. The fourth-order valence-electron chi connectivity index (χ4n) is 3.28. The first-order valence-corrected chi connectivity index (χ1v) is 7.40. The molecular formula is C14H23N3O2. The number of likely N-dealkylation sites (N-methyl/N-ethyl adjacent to an activating group) is 1. The van der Waals surface area contributed by atoms with E-state index < -0.39 is 0 Å². The summed E-state index contributed by atoms with van der Waals surface area (Å²) in [6.07, 6.45) is 8.19. The predicted molar refractivity (Wildman–Crippen MR) is 71.1 cm³/mol. The van der Waals surface area contributed by atoms with E-state index >= 15 is 0 Å². The summed E-state index contributed by atoms with van der Waals surface area (Å²) < 4.78 is 10.8. The number of hydrogen-bond donors (Lipinski definition) is 1. The third-order valence-electron chi connectivity index (χ3n) is 4.61. The number of nitrogens with one attached hydrogen (secondary N) is 1. The molecule has 1 aromatic heterocycles. The van der Waals surface area contributed by atoms with Crippen molar-refractivity contribution < 1.29 is 9.26 Å². The second-order valence-electron chi connectivity index (χ2n) is 5.87. The molecular weight excluding hydrogens is 242 g/mol. The van der Waals surface area contributed by atoms with Crippen LogP contribution in [-0.4, -0.2) is 35.9 Å². The minimum atomic E-state index is 0.161. The molecule has 3 rings (SSSR count). The molecule has 1 aromatic rings. The Hall–Kier alpha value is -0.940. The molecule has 1 N–H and O–H groups in total. The van der Waals surface area contributed by atoms with Crippen LogP contribution in [-0.2, 0) is 11.2 Å². The largest absolute Gasteiger partial charge is 0.381 e. The molecule has 2 heterocycles. The minimum Gasteiger partial charge on any atom is -0.381 e.